The number of carbonyl (C=O) groups is 1. The number of azo groups is 2. The Morgan fingerprint density at radius 1 is 0.733 bits per heavy atom. The van der Waals surface area contributed by atoms with Crippen molar-refractivity contribution in [2.24, 2.45) is 20.5 Å². The first kappa shape index (κ1) is 20.8. The summed E-state index contributed by atoms with van der Waals surface area (Å²) < 4.78 is 0. The second kappa shape index (κ2) is 10.0. The molecule has 1 unspecified atom stereocenters. The Morgan fingerprint density at radius 2 is 1.13 bits per heavy atom. The summed E-state index contributed by atoms with van der Waals surface area (Å²) in [5, 5.41) is 19.8. The number of hydrogen-bond acceptors (Lipinski definition) is 5. The fraction of sp³-hybridized carbons (Fsp3) is 0.125. The molecule has 150 valence electrons. The summed E-state index contributed by atoms with van der Waals surface area (Å²) in [4.78, 5) is 11.7. The fourth-order valence-corrected chi connectivity index (χ4v) is 2.54. The maximum Gasteiger partial charge on any atom is 0.246 e. The molecule has 0 heterocycles. The molecule has 0 radical (unpaired) electrons. The molecule has 3 aromatic carbocycles. The van der Waals surface area contributed by atoms with Gasteiger partial charge in [0.2, 0.25) is 5.91 Å². The molecule has 0 fully saturated rings. The quantitative estimate of drug-likeness (QED) is 0.330. The van der Waals surface area contributed by atoms with Gasteiger partial charge in [-0.25, -0.2) is 0 Å². The minimum Gasteiger partial charge on any atom is -0.346 e. The van der Waals surface area contributed by atoms with Crippen LogP contribution in [-0.2, 0) is 4.79 Å². The van der Waals surface area contributed by atoms with Crippen molar-refractivity contribution in [3.8, 4) is 0 Å². The molecule has 30 heavy (non-hydrogen) atoms. The second-order valence-electron chi connectivity index (χ2n) is 6.82. The molecule has 3 aromatic rings. The van der Waals surface area contributed by atoms with Crippen molar-refractivity contribution in [2.75, 3.05) is 0 Å². The van der Waals surface area contributed by atoms with Crippen LogP contribution < -0.4 is 5.32 Å². The maximum atomic E-state index is 11.7. The average Bonchev–Trinajstić information content (AvgIpc) is 2.78. The van der Waals surface area contributed by atoms with Gasteiger partial charge in [-0.3, -0.25) is 4.79 Å². The van der Waals surface area contributed by atoms with Crippen LogP contribution in [0.25, 0.3) is 0 Å². The highest BCUT2D eigenvalue weighted by atomic mass is 16.1. The molecule has 1 amide bonds. The van der Waals surface area contributed by atoms with Crippen molar-refractivity contribution in [1.29, 1.82) is 0 Å². The van der Waals surface area contributed by atoms with E-state index < -0.39 is 0 Å². The Labute approximate surface area is 176 Å². The SMILES string of the molecule is C=C(C)C(=O)NC(C)c1ccc(N=Nc2ccc(N=Nc3ccccc3)cc2)cc1. The van der Waals surface area contributed by atoms with Crippen LogP contribution in [0.5, 0.6) is 0 Å². The van der Waals surface area contributed by atoms with Gasteiger partial charge in [-0.1, -0.05) is 36.9 Å². The highest BCUT2D eigenvalue weighted by Gasteiger charge is 2.09. The lowest BCUT2D eigenvalue weighted by Crippen LogP contribution is -2.26. The van der Waals surface area contributed by atoms with Gasteiger partial charge in [-0.2, -0.15) is 20.5 Å². The van der Waals surface area contributed by atoms with Crippen LogP contribution in [0.1, 0.15) is 25.5 Å². The van der Waals surface area contributed by atoms with Gasteiger partial charge in [0, 0.05) is 5.57 Å². The summed E-state index contributed by atoms with van der Waals surface area (Å²) in [5.41, 5.74) is 4.47. The van der Waals surface area contributed by atoms with Gasteiger partial charge in [0.05, 0.1) is 28.8 Å². The van der Waals surface area contributed by atoms with Gasteiger partial charge >= 0.3 is 0 Å². The molecule has 0 bridgehead atoms. The van der Waals surface area contributed by atoms with E-state index in [1.807, 2.05) is 85.8 Å². The predicted octanol–water partition coefficient (Wildman–Crippen LogP) is 7.27. The van der Waals surface area contributed by atoms with Crippen molar-refractivity contribution in [3.05, 3.63) is 96.6 Å². The lowest BCUT2D eigenvalue weighted by molar-refractivity contribution is -0.118. The molecule has 1 atom stereocenters. The van der Waals surface area contributed by atoms with Gasteiger partial charge < -0.3 is 5.32 Å². The predicted molar refractivity (Wildman–Crippen MR) is 119 cm³/mol. The Hall–Kier alpha value is -3.93. The monoisotopic (exact) mass is 397 g/mol. The van der Waals surface area contributed by atoms with E-state index in [1.165, 1.54) is 0 Å². The van der Waals surface area contributed by atoms with Crippen LogP contribution in [0.2, 0.25) is 0 Å². The van der Waals surface area contributed by atoms with Gasteiger partial charge in [0.1, 0.15) is 0 Å². The number of nitrogens with one attached hydrogen (secondary N) is 1. The number of carbonyl (C=O) groups excluding carboxylic acids is 1. The van der Waals surface area contributed by atoms with E-state index in [-0.39, 0.29) is 11.9 Å². The minimum absolute atomic E-state index is 0.113. The fourth-order valence-electron chi connectivity index (χ4n) is 2.54. The number of benzene rings is 3. The van der Waals surface area contributed by atoms with Crippen LogP contribution in [0.15, 0.2) is 111 Å². The molecule has 0 aliphatic carbocycles. The zero-order valence-electron chi connectivity index (χ0n) is 17.0. The van der Waals surface area contributed by atoms with Crippen molar-refractivity contribution >= 4 is 28.7 Å². The van der Waals surface area contributed by atoms with E-state index in [4.69, 9.17) is 0 Å². The lowest BCUT2D eigenvalue weighted by atomic mass is 10.1. The first-order valence-electron chi connectivity index (χ1n) is 9.56. The average molecular weight is 397 g/mol. The van der Waals surface area contributed by atoms with Crippen molar-refractivity contribution in [1.82, 2.24) is 5.32 Å². The summed E-state index contributed by atoms with van der Waals surface area (Å²) in [6.07, 6.45) is 0. The summed E-state index contributed by atoms with van der Waals surface area (Å²) in [6.45, 7) is 7.26. The van der Waals surface area contributed by atoms with Crippen LogP contribution in [0.3, 0.4) is 0 Å². The summed E-state index contributed by atoms with van der Waals surface area (Å²) in [6, 6.07) is 24.4. The molecule has 0 aromatic heterocycles. The van der Waals surface area contributed by atoms with E-state index in [2.05, 4.69) is 32.4 Å². The van der Waals surface area contributed by atoms with Crippen LogP contribution in [0.4, 0.5) is 22.7 Å². The molecule has 0 aliphatic heterocycles. The van der Waals surface area contributed by atoms with Gasteiger partial charge in [-0.05, 0) is 67.9 Å². The summed E-state index contributed by atoms with van der Waals surface area (Å²) >= 11 is 0. The number of nitrogens with zero attached hydrogens (tertiary/aromatic N) is 4. The Bertz CT molecular complexity index is 1060. The van der Waals surface area contributed by atoms with Crippen molar-refractivity contribution in [2.45, 2.75) is 19.9 Å². The molecule has 0 saturated carbocycles. The number of rotatable bonds is 7. The standard InChI is InChI=1S/C24H23N5O/c1-17(2)24(30)25-18(3)19-9-11-21(12-10-19)27-29-23-15-13-22(14-16-23)28-26-20-7-5-4-6-8-20/h4-16,18H,1H2,2-3H3,(H,25,30). The lowest BCUT2D eigenvalue weighted by Gasteiger charge is -2.14. The third-order valence-corrected chi connectivity index (χ3v) is 4.30. The smallest absolute Gasteiger partial charge is 0.246 e. The largest absolute Gasteiger partial charge is 0.346 e. The van der Waals surface area contributed by atoms with Crippen molar-refractivity contribution in [3.63, 3.8) is 0 Å². The molecule has 1 N–H and O–H groups in total. The normalized spacial score (nSPS) is 12.2. The van der Waals surface area contributed by atoms with Crippen LogP contribution in [0, 0.1) is 0 Å². The molecule has 3 rings (SSSR count). The molecule has 6 heteroatoms. The molecular formula is C24H23N5O. The first-order valence-corrected chi connectivity index (χ1v) is 9.56. The van der Waals surface area contributed by atoms with Gasteiger partial charge in [-0.15, -0.1) is 0 Å². The van der Waals surface area contributed by atoms with E-state index >= 15 is 0 Å². The van der Waals surface area contributed by atoms with Gasteiger partial charge in [0.15, 0.2) is 0 Å². The third kappa shape index (κ3) is 6.04. The molecule has 0 saturated heterocycles. The van der Waals surface area contributed by atoms with E-state index in [0.29, 0.717) is 5.57 Å². The Morgan fingerprint density at radius 3 is 1.57 bits per heavy atom. The maximum absolute atomic E-state index is 11.7. The van der Waals surface area contributed by atoms with Gasteiger partial charge in [0.25, 0.3) is 0 Å². The second-order valence-corrected chi connectivity index (χ2v) is 6.82. The highest BCUT2D eigenvalue weighted by Crippen LogP contribution is 2.24. The molecule has 0 spiro atoms. The molecule has 0 aliphatic rings. The number of hydrogen-bond donors (Lipinski definition) is 1. The minimum atomic E-state index is -0.155. The summed E-state index contributed by atoms with van der Waals surface area (Å²) in [7, 11) is 0. The number of amides is 1. The van der Waals surface area contributed by atoms with Crippen molar-refractivity contribution < 1.29 is 4.79 Å². The molecule has 6 nitrogen and oxygen atoms in total. The van der Waals surface area contributed by atoms with E-state index in [0.717, 1.165) is 28.3 Å². The van der Waals surface area contributed by atoms with Crippen LogP contribution >= 0.6 is 0 Å². The van der Waals surface area contributed by atoms with Crippen LogP contribution in [-0.4, -0.2) is 5.91 Å². The third-order valence-electron chi connectivity index (χ3n) is 4.30. The highest BCUT2D eigenvalue weighted by molar-refractivity contribution is 5.92. The Kier molecular flexibility index (Phi) is 6.95. The Balaban J connectivity index is 1.59. The van der Waals surface area contributed by atoms with E-state index in [1.54, 1.807) is 6.92 Å². The molecular weight excluding hydrogens is 374 g/mol. The van der Waals surface area contributed by atoms with E-state index in [9.17, 15) is 4.79 Å². The first-order chi connectivity index (χ1) is 14.5. The zero-order valence-corrected chi connectivity index (χ0v) is 17.0. The topological polar surface area (TPSA) is 78.5 Å². The zero-order chi connectivity index (χ0) is 21.3. The summed E-state index contributed by atoms with van der Waals surface area (Å²) in [5.74, 6) is -0.155.